The normalized spacial score (nSPS) is 16.4. The van der Waals surface area contributed by atoms with Gasteiger partial charge in [0, 0.05) is 37.4 Å². The molecule has 1 saturated heterocycles. The summed E-state index contributed by atoms with van der Waals surface area (Å²) in [4.78, 5) is 26.3. The number of carbonyl (C=O) groups is 1. The number of anilines is 2. The quantitative estimate of drug-likeness (QED) is 0.571. The smallest absolute Gasteiger partial charge is 0.406 e. The maximum Gasteiger partial charge on any atom is 0.573 e. The molecule has 1 aliphatic heterocycles. The molecule has 1 unspecified atom stereocenters. The van der Waals surface area contributed by atoms with Crippen molar-refractivity contribution in [1.29, 1.82) is 0 Å². The molecule has 4 rings (SSSR count). The summed E-state index contributed by atoms with van der Waals surface area (Å²) in [6, 6.07) is 6.46. The van der Waals surface area contributed by atoms with E-state index in [9.17, 15) is 23.1 Å². The van der Waals surface area contributed by atoms with Crippen LogP contribution < -0.4 is 15.0 Å². The van der Waals surface area contributed by atoms with Crippen LogP contribution >= 0.6 is 0 Å². The van der Waals surface area contributed by atoms with Crippen molar-refractivity contribution < 1.29 is 27.8 Å². The van der Waals surface area contributed by atoms with E-state index in [2.05, 4.69) is 25.0 Å². The number of amides is 1. The summed E-state index contributed by atoms with van der Waals surface area (Å²) >= 11 is 0. The predicted molar refractivity (Wildman–Crippen MR) is 106 cm³/mol. The van der Waals surface area contributed by atoms with Crippen LogP contribution in [0.3, 0.4) is 0 Å². The molecule has 3 N–H and O–H groups in total. The van der Waals surface area contributed by atoms with Gasteiger partial charge in [0.25, 0.3) is 5.91 Å². The fraction of sp³-hybridized carbons (Fsp3) is 0.250. The SMILES string of the molecule is O=C(Nc1ccc(OC(F)(F)F)cc1)c1cnc(N2CCC(O)C2)c(-c2ncc[nH]2)c1. The van der Waals surface area contributed by atoms with Crippen molar-refractivity contribution >= 4 is 17.4 Å². The molecule has 3 heterocycles. The number of nitrogens with zero attached hydrogens (tertiary/aromatic N) is 3. The molecule has 3 aromatic rings. The molecule has 1 amide bonds. The van der Waals surface area contributed by atoms with Gasteiger partial charge in [-0.2, -0.15) is 0 Å². The number of benzene rings is 1. The van der Waals surface area contributed by atoms with Crippen LogP contribution in [-0.2, 0) is 0 Å². The van der Waals surface area contributed by atoms with Gasteiger partial charge in [0.2, 0.25) is 0 Å². The lowest BCUT2D eigenvalue weighted by Gasteiger charge is -2.20. The number of aliphatic hydroxyl groups excluding tert-OH is 1. The lowest BCUT2D eigenvalue weighted by Crippen LogP contribution is -2.23. The van der Waals surface area contributed by atoms with Gasteiger partial charge in [-0.05, 0) is 36.8 Å². The van der Waals surface area contributed by atoms with Crippen molar-refractivity contribution in [1.82, 2.24) is 15.0 Å². The van der Waals surface area contributed by atoms with Crippen LogP contribution in [0.15, 0.2) is 48.9 Å². The van der Waals surface area contributed by atoms with E-state index >= 15 is 0 Å². The summed E-state index contributed by atoms with van der Waals surface area (Å²) in [5, 5.41) is 12.5. The highest BCUT2D eigenvalue weighted by Gasteiger charge is 2.31. The van der Waals surface area contributed by atoms with Crippen molar-refractivity contribution in [3.8, 4) is 17.1 Å². The number of aromatic nitrogens is 3. The molecule has 1 aromatic carbocycles. The standard InChI is InChI=1S/C20H18F3N5O3/c21-20(22,23)31-15-3-1-13(2-4-15)27-19(30)12-9-16(17-24-6-7-25-17)18(26-10-12)28-8-5-14(29)11-28/h1-4,6-7,9-10,14,29H,5,8,11H2,(H,24,25)(H,27,30). The van der Waals surface area contributed by atoms with Crippen LogP contribution in [0.1, 0.15) is 16.8 Å². The van der Waals surface area contributed by atoms with Gasteiger partial charge in [-0.1, -0.05) is 0 Å². The number of rotatable bonds is 5. The number of alkyl halides is 3. The van der Waals surface area contributed by atoms with E-state index < -0.39 is 18.4 Å². The zero-order chi connectivity index (χ0) is 22.0. The largest absolute Gasteiger partial charge is 0.573 e. The number of H-pyrrole nitrogens is 1. The molecule has 162 valence electrons. The Bertz CT molecular complexity index is 1050. The third kappa shape index (κ3) is 4.94. The maximum atomic E-state index is 12.7. The molecule has 1 fully saturated rings. The van der Waals surface area contributed by atoms with E-state index in [1.54, 1.807) is 18.5 Å². The zero-order valence-corrected chi connectivity index (χ0v) is 16.1. The molecule has 1 atom stereocenters. The number of hydrogen-bond acceptors (Lipinski definition) is 6. The second-order valence-corrected chi connectivity index (χ2v) is 6.95. The first-order valence-corrected chi connectivity index (χ1v) is 9.38. The van der Waals surface area contributed by atoms with Crippen LogP contribution in [0, 0.1) is 0 Å². The maximum absolute atomic E-state index is 12.7. The molecule has 0 bridgehead atoms. The molecule has 8 nitrogen and oxygen atoms in total. The fourth-order valence-corrected chi connectivity index (χ4v) is 3.30. The minimum Gasteiger partial charge on any atom is -0.406 e. The third-order valence-corrected chi connectivity index (χ3v) is 4.69. The first-order valence-electron chi connectivity index (χ1n) is 9.38. The molecule has 0 radical (unpaired) electrons. The molecular weight excluding hydrogens is 415 g/mol. The highest BCUT2D eigenvalue weighted by Crippen LogP contribution is 2.30. The lowest BCUT2D eigenvalue weighted by molar-refractivity contribution is -0.274. The van der Waals surface area contributed by atoms with Crippen molar-refractivity contribution in [3.63, 3.8) is 0 Å². The minimum atomic E-state index is -4.79. The van der Waals surface area contributed by atoms with E-state index in [4.69, 9.17) is 0 Å². The summed E-state index contributed by atoms with van der Waals surface area (Å²) in [7, 11) is 0. The first kappa shape index (κ1) is 20.7. The summed E-state index contributed by atoms with van der Waals surface area (Å²) in [5.74, 6) is 0.242. The van der Waals surface area contributed by atoms with E-state index in [0.717, 1.165) is 12.1 Å². The zero-order valence-electron chi connectivity index (χ0n) is 16.1. The predicted octanol–water partition coefficient (Wildman–Crippen LogP) is 3.19. The van der Waals surface area contributed by atoms with E-state index in [0.29, 0.717) is 42.4 Å². The van der Waals surface area contributed by atoms with Gasteiger partial charge >= 0.3 is 6.36 Å². The minimum absolute atomic E-state index is 0.241. The topological polar surface area (TPSA) is 103 Å². The Morgan fingerprint density at radius 1 is 1.26 bits per heavy atom. The van der Waals surface area contributed by atoms with E-state index in [1.807, 2.05) is 4.90 Å². The Balaban J connectivity index is 1.55. The van der Waals surface area contributed by atoms with Crippen LogP contribution in [0.5, 0.6) is 5.75 Å². The Labute approximate surface area is 174 Å². The lowest BCUT2D eigenvalue weighted by atomic mass is 10.1. The average molecular weight is 433 g/mol. The molecule has 1 aliphatic rings. The molecule has 31 heavy (non-hydrogen) atoms. The van der Waals surface area contributed by atoms with Gasteiger partial charge in [0.05, 0.1) is 17.2 Å². The van der Waals surface area contributed by atoms with Crippen LogP contribution in [-0.4, -0.2) is 51.5 Å². The number of imidazole rings is 1. The summed E-state index contributed by atoms with van der Waals surface area (Å²) < 4.78 is 40.6. The fourth-order valence-electron chi connectivity index (χ4n) is 3.30. The summed E-state index contributed by atoms with van der Waals surface area (Å²) in [6.07, 6.45) is 0.0213. The van der Waals surface area contributed by atoms with Gasteiger partial charge < -0.3 is 25.0 Å². The Hall–Kier alpha value is -3.60. The van der Waals surface area contributed by atoms with Gasteiger partial charge in [-0.25, -0.2) is 9.97 Å². The second kappa shape index (κ2) is 8.26. The number of nitrogens with one attached hydrogen (secondary N) is 2. The molecular formula is C20H18F3N5O3. The van der Waals surface area contributed by atoms with Gasteiger partial charge in [0.1, 0.15) is 17.4 Å². The van der Waals surface area contributed by atoms with Gasteiger partial charge in [-0.15, -0.1) is 13.2 Å². The van der Waals surface area contributed by atoms with Crippen molar-refractivity contribution in [3.05, 3.63) is 54.5 Å². The van der Waals surface area contributed by atoms with Crippen molar-refractivity contribution in [2.45, 2.75) is 18.9 Å². The molecule has 0 aliphatic carbocycles. The Kier molecular flexibility index (Phi) is 5.51. The van der Waals surface area contributed by atoms with Crippen molar-refractivity contribution in [2.24, 2.45) is 0 Å². The van der Waals surface area contributed by atoms with Crippen LogP contribution in [0.2, 0.25) is 0 Å². The molecule has 0 spiro atoms. The number of β-amino-alcohol motifs (C(OH)–C–C–N with tert-alkyl or cyclic N) is 1. The number of ether oxygens (including phenoxy) is 1. The van der Waals surface area contributed by atoms with Crippen LogP contribution in [0.4, 0.5) is 24.7 Å². The number of carbonyl (C=O) groups excluding carboxylic acids is 1. The Morgan fingerprint density at radius 2 is 2.03 bits per heavy atom. The average Bonchev–Trinajstić information content (AvgIpc) is 3.40. The van der Waals surface area contributed by atoms with Gasteiger partial charge in [0.15, 0.2) is 0 Å². The van der Waals surface area contributed by atoms with Gasteiger partial charge in [-0.3, -0.25) is 4.79 Å². The highest BCUT2D eigenvalue weighted by molar-refractivity contribution is 6.05. The Morgan fingerprint density at radius 3 is 2.65 bits per heavy atom. The molecule has 0 saturated carbocycles. The monoisotopic (exact) mass is 433 g/mol. The summed E-state index contributed by atoms with van der Waals surface area (Å²) in [5.41, 5.74) is 1.14. The molecule has 11 heteroatoms. The molecule has 2 aromatic heterocycles. The number of hydrogen-bond donors (Lipinski definition) is 3. The number of halogens is 3. The van der Waals surface area contributed by atoms with E-state index in [-0.39, 0.29) is 11.3 Å². The highest BCUT2D eigenvalue weighted by atomic mass is 19.4. The second-order valence-electron chi connectivity index (χ2n) is 6.95. The van der Waals surface area contributed by atoms with Crippen LogP contribution in [0.25, 0.3) is 11.4 Å². The number of aromatic amines is 1. The first-order chi connectivity index (χ1) is 14.8. The third-order valence-electron chi connectivity index (χ3n) is 4.69. The number of aliphatic hydroxyl groups is 1. The number of pyridine rings is 1. The van der Waals surface area contributed by atoms with E-state index in [1.165, 1.54) is 18.3 Å². The summed E-state index contributed by atoms with van der Waals surface area (Å²) in [6.45, 7) is 1.05. The van der Waals surface area contributed by atoms with Crippen molar-refractivity contribution in [2.75, 3.05) is 23.3 Å².